The molecule has 1 aliphatic rings. The molecule has 2 aromatic heterocycles. The Bertz CT molecular complexity index is 1050. The molecule has 0 aliphatic carbocycles. The monoisotopic (exact) mass is 503 g/mol. The molecular formula is C22H28F3N3O3S2. The van der Waals surface area contributed by atoms with Crippen molar-refractivity contribution in [1.29, 1.82) is 0 Å². The van der Waals surface area contributed by atoms with Gasteiger partial charge in [0.05, 0.1) is 5.56 Å². The van der Waals surface area contributed by atoms with Crippen LogP contribution in [0, 0.1) is 6.92 Å². The summed E-state index contributed by atoms with van der Waals surface area (Å²) in [7, 11) is 0. The van der Waals surface area contributed by atoms with Gasteiger partial charge in [-0.05, 0) is 63.8 Å². The topological polar surface area (TPSA) is 79.5 Å². The van der Waals surface area contributed by atoms with Gasteiger partial charge in [0, 0.05) is 22.8 Å². The number of alkyl halides is 3. The van der Waals surface area contributed by atoms with E-state index in [1.807, 2.05) is 13.8 Å². The lowest BCUT2D eigenvalue weighted by atomic mass is 10.0. The van der Waals surface area contributed by atoms with Gasteiger partial charge in [-0.15, -0.1) is 22.7 Å². The smallest absolute Gasteiger partial charge is 0.425 e. The zero-order valence-electron chi connectivity index (χ0n) is 19.2. The van der Waals surface area contributed by atoms with Crippen molar-refractivity contribution in [2.24, 2.45) is 0 Å². The van der Waals surface area contributed by atoms with Gasteiger partial charge >= 0.3 is 18.2 Å². The Kier molecular flexibility index (Phi) is 7.45. The first-order valence-electron chi connectivity index (χ1n) is 10.6. The minimum atomic E-state index is -4.49. The van der Waals surface area contributed by atoms with Crippen LogP contribution in [0.25, 0.3) is 0 Å². The molecular weight excluding hydrogens is 475 g/mol. The molecule has 0 aromatic carbocycles. The minimum absolute atomic E-state index is 0.114. The number of carbonyl (C=O) groups excluding carboxylic acids is 2. The average Bonchev–Trinajstić information content (AvgIpc) is 3.22. The van der Waals surface area contributed by atoms with Crippen LogP contribution < -0.4 is 16.0 Å². The Morgan fingerprint density at radius 2 is 1.85 bits per heavy atom. The second kappa shape index (κ2) is 9.63. The standard InChI is InChI=1S/C22H28F3N3O3S2/c1-6-12-11(2)32-18(16(12)19(29)31-21(3,4)5)28-20(30)27-9-14-13-7-8-26-10-15(13)33-17(14)22(23,24)25/h26H,6-10H2,1-5H3,(H2,27,28,30). The third kappa shape index (κ3) is 5.88. The molecule has 3 N–H and O–H groups in total. The number of thiophene rings is 2. The SMILES string of the molecule is CCc1c(C)sc(NC(=O)NCc2c(C(F)(F)F)sc3c2CCNC3)c1C(=O)OC(C)(C)C. The van der Waals surface area contributed by atoms with Gasteiger partial charge in [0.25, 0.3) is 0 Å². The minimum Gasteiger partial charge on any atom is -0.456 e. The van der Waals surface area contributed by atoms with E-state index in [0.29, 0.717) is 46.9 Å². The van der Waals surface area contributed by atoms with E-state index in [0.717, 1.165) is 21.8 Å². The van der Waals surface area contributed by atoms with E-state index in [2.05, 4.69) is 16.0 Å². The predicted molar refractivity (Wildman–Crippen MR) is 124 cm³/mol. The molecule has 0 saturated heterocycles. The van der Waals surface area contributed by atoms with E-state index in [1.54, 1.807) is 20.8 Å². The van der Waals surface area contributed by atoms with Gasteiger partial charge in [-0.25, -0.2) is 9.59 Å². The second-order valence-corrected chi connectivity index (χ2v) is 11.1. The van der Waals surface area contributed by atoms with Crippen molar-refractivity contribution in [1.82, 2.24) is 10.6 Å². The summed E-state index contributed by atoms with van der Waals surface area (Å²) in [5.41, 5.74) is 1.13. The van der Waals surface area contributed by atoms with Gasteiger partial charge in [0.15, 0.2) is 0 Å². The van der Waals surface area contributed by atoms with Crippen molar-refractivity contribution < 1.29 is 27.5 Å². The highest BCUT2D eigenvalue weighted by Gasteiger charge is 2.38. The van der Waals surface area contributed by atoms with Crippen molar-refractivity contribution in [2.75, 3.05) is 11.9 Å². The first-order chi connectivity index (χ1) is 15.3. The molecule has 1 aliphatic heterocycles. The summed E-state index contributed by atoms with van der Waals surface area (Å²) in [5.74, 6) is -0.544. The van der Waals surface area contributed by atoms with Crippen molar-refractivity contribution in [3.63, 3.8) is 0 Å². The van der Waals surface area contributed by atoms with Crippen molar-refractivity contribution in [3.05, 3.63) is 36.9 Å². The Morgan fingerprint density at radius 3 is 2.45 bits per heavy atom. The molecule has 0 spiro atoms. The summed E-state index contributed by atoms with van der Waals surface area (Å²) in [6, 6.07) is -0.675. The average molecular weight is 504 g/mol. The fourth-order valence-electron chi connectivity index (χ4n) is 3.77. The van der Waals surface area contributed by atoms with Crippen LogP contribution in [0.5, 0.6) is 0 Å². The number of halogens is 3. The molecule has 2 amide bonds. The number of nitrogens with one attached hydrogen (secondary N) is 3. The quantitative estimate of drug-likeness (QED) is 0.463. The number of aryl methyl sites for hydroxylation is 1. The summed E-state index contributed by atoms with van der Waals surface area (Å²) in [6.45, 7) is 9.75. The molecule has 0 unspecified atom stereocenters. The number of rotatable bonds is 5. The fraction of sp³-hybridized carbons (Fsp3) is 0.545. The first kappa shape index (κ1) is 25.5. The van der Waals surface area contributed by atoms with E-state index in [-0.39, 0.29) is 12.1 Å². The Hall–Kier alpha value is -2.11. The van der Waals surface area contributed by atoms with Gasteiger partial charge < -0.3 is 15.4 Å². The van der Waals surface area contributed by atoms with E-state index >= 15 is 0 Å². The second-order valence-electron chi connectivity index (χ2n) is 8.74. The maximum Gasteiger partial charge on any atom is 0.425 e. The largest absolute Gasteiger partial charge is 0.456 e. The van der Waals surface area contributed by atoms with Gasteiger partial charge in [-0.1, -0.05) is 6.92 Å². The maximum absolute atomic E-state index is 13.6. The zero-order chi connectivity index (χ0) is 24.6. The number of amides is 2. The van der Waals surface area contributed by atoms with Crippen LogP contribution in [0.1, 0.15) is 69.4 Å². The van der Waals surface area contributed by atoms with Crippen molar-refractivity contribution >= 4 is 39.7 Å². The zero-order valence-corrected chi connectivity index (χ0v) is 20.8. The van der Waals surface area contributed by atoms with Crippen LogP contribution in [0.2, 0.25) is 0 Å². The summed E-state index contributed by atoms with van der Waals surface area (Å²) >= 11 is 1.97. The highest BCUT2D eigenvalue weighted by molar-refractivity contribution is 7.16. The Labute approximate surface area is 198 Å². The molecule has 3 rings (SSSR count). The summed E-state index contributed by atoms with van der Waals surface area (Å²) in [5, 5.41) is 8.60. The van der Waals surface area contributed by atoms with E-state index < -0.39 is 28.7 Å². The van der Waals surface area contributed by atoms with Crippen LogP contribution >= 0.6 is 22.7 Å². The van der Waals surface area contributed by atoms with Crippen LogP contribution in [0.15, 0.2) is 0 Å². The van der Waals surface area contributed by atoms with Gasteiger partial charge in [0.1, 0.15) is 15.5 Å². The lowest BCUT2D eigenvalue weighted by Crippen LogP contribution is -2.31. The summed E-state index contributed by atoms with van der Waals surface area (Å²) < 4.78 is 46.2. The molecule has 3 heterocycles. The molecule has 0 saturated carbocycles. The van der Waals surface area contributed by atoms with Crippen molar-refractivity contribution in [2.45, 2.75) is 72.3 Å². The number of hydrogen-bond acceptors (Lipinski definition) is 6. The lowest BCUT2D eigenvalue weighted by Gasteiger charge is -2.20. The molecule has 6 nitrogen and oxygen atoms in total. The molecule has 11 heteroatoms. The number of fused-ring (bicyclic) bond motifs is 1. The van der Waals surface area contributed by atoms with Crippen LogP contribution in [0.3, 0.4) is 0 Å². The van der Waals surface area contributed by atoms with E-state index in [1.165, 1.54) is 11.3 Å². The van der Waals surface area contributed by atoms with Gasteiger partial charge in [-0.3, -0.25) is 5.32 Å². The number of anilines is 1. The Balaban J connectivity index is 1.80. The maximum atomic E-state index is 13.6. The Morgan fingerprint density at radius 1 is 1.15 bits per heavy atom. The normalized spacial score (nSPS) is 14.1. The molecule has 2 aromatic rings. The molecule has 0 radical (unpaired) electrons. The lowest BCUT2D eigenvalue weighted by molar-refractivity contribution is -0.135. The third-order valence-electron chi connectivity index (χ3n) is 5.11. The van der Waals surface area contributed by atoms with Crippen molar-refractivity contribution in [3.8, 4) is 0 Å². The number of carbonyl (C=O) groups is 2. The van der Waals surface area contributed by atoms with E-state index in [9.17, 15) is 22.8 Å². The molecule has 0 atom stereocenters. The molecule has 182 valence electrons. The number of ether oxygens (including phenoxy) is 1. The third-order valence-corrected chi connectivity index (χ3v) is 7.50. The highest BCUT2D eigenvalue weighted by Crippen LogP contribution is 2.42. The fourth-order valence-corrected chi connectivity index (χ4v) is 6.10. The predicted octanol–water partition coefficient (Wildman–Crippen LogP) is 5.62. The number of urea groups is 1. The number of hydrogen-bond donors (Lipinski definition) is 3. The van der Waals surface area contributed by atoms with Crippen LogP contribution in [-0.4, -0.2) is 24.1 Å². The first-order valence-corrected chi connectivity index (χ1v) is 12.3. The molecule has 0 bridgehead atoms. The van der Waals surface area contributed by atoms with Gasteiger partial charge in [0.2, 0.25) is 0 Å². The highest BCUT2D eigenvalue weighted by atomic mass is 32.1. The van der Waals surface area contributed by atoms with Crippen LogP contribution in [-0.2, 0) is 36.8 Å². The molecule has 33 heavy (non-hydrogen) atoms. The summed E-state index contributed by atoms with van der Waals surface area (Å²) in [6.07, 6.45) is -3.43. The number of esters is 1. The van der Waals surface area contributed by atoms with Gasteiger partial charge in [-0.2, -0.15) is 13.2 Å². The van der Waals surface area contributed by atoms with Crippen LogP contribution in [0.4, 0.5) is 23.0 Å². The molecule has 0 fully saturated rings. The summed E-state index contributed by atoms with van der Waals surface area (Å²) in [4.78, 5) is 26.3. The van der Waals surface area contributed by atoms with E-state index in [4.69, 9.17) is 4.74 Å².